The molecule has 0 aromatic carbocycles. The molecule has 0 saturated carbocycles. The molecule has 128 valence electrons. The van der Waals surface area contributed by atoms with Crippen LogP contribution in [0, 0.1) is 6.92 Å². The van der Waals surface area contributed by atoms with Gasteiger partial charge in [-0.25, -0.2) is 9.59 Å². The quantitative estimate of drug-likeness (QED) is 0.581. The topological polar surface area (TPSA) is 94.7 Å². The summed E-state index contributed by atoms with van der Waals surface area (Å²) in [7, 11) is 0. The lowest BCUT2D eigenvalue weighted by Crippen LogP contribution is -2.11. The molecule has 1 aromatic rings. The Labute approximate surface area is 135 Å². The SMILES string of the molecule is CCOC(=O)CCc1c(C(=O)OCC)[nH]c(C(=O)OCC)c1C. The molecule has 1 heterocycles. The fourth-order valence-electron chi connectivity index (χ4n) is 2.19. The third-order valence-corrected chi connectivity index (χ3v) is 3.22. The number of esters is 3. The minimum Gasteiger partial charge on any atom is -0.466 e. The Morgan fingerprint density at radius 1 is 0.870 bits per heavy atom. The summed E-state index contributed by atoms with van der Waals surface area (Å²) in [4.78, 5) is 38.3. The van der Waals surface area contributed by atoms with Crippen molar-refractivity contribution < 1.29 is 28.6 Å². The molecule has 23 heavy (non-hydrogen) atoms. The van der Waals surface area contributed by atoms with E-state index in [1.54, 1.807) is 27.7 Å². The van der Waals surface area contributed by atoms with E-state index in [-0.39, 0.29) is 43.4 Å². The Balaban J connectivity index is 3.10. The van der Waals surface area contributed by atoms with Crippen LogP contribution in [0.2, 0.25) is 0 Å². The van der Waals surface area contributed by atoms with Crippen molar-refractivity contribution in [1.29, 1.82) is 0 Å². The monoisotopic (exact) mass is 325 g/mol. The van der Waals surface area contributed by atoms with Gasteiger partial charge in [0.2, 0.25) is 0 Å². The average molecular weight is 325 g/mol. The number of aromatic nitrogens is 1. The van der Waals surface area contributed by atoms with Gasteiger partial charge >= 0.3 is 17.9 Å². The van der Waals surface area contributed by atoms with E-state index in [4.69, 9.17) is 14.2 Å². The summed E-state index contributed by atoms with van der Waals surface area (Å²) in [5, 5.41) is 0. The highest BCUT2D eigenvalue weighted by atomic mass is 16.5. The summed E-state index contributed by atoms with van der Waals surface area (Å²) in [5.74, 6) is -1.47. The van der Waals surface area contributed by atoms with Crippen LogP contribution in [0.25, 0.3) is 0 Å². The molecule has 0 radical (unpaired) electrons. The van der Waals surface area contributed by atoms with Gasteiger partial charge in [0.15, 0.2) is 0 Å². The number of aromatic amines is 1. The van der Waals surface area contributed by atoms with E-state index in [0.717, 1.165) is 0 Å². The number of H-pyrrole nitrogens is 1. The number of ether oxygens (including phenoxy) is 3. The van der Waals surface area contributed by atoms with Gasteiger partial charge in [-0.05, 0) is 45.2 Å². The van der Waals surface area contributed by atoms with Crippen molar-refractivity contribution in [2.45, 2.75) is 40.5 Å². The maximum absolute atomic E-state index is 12.1. The minimum absolute atomic E-state index is 0.112. The van der Waals surface area contributed by atoms with Crippen LogP contribution in [0.4, 0.5) is 0 Å². The highest BCUT2D eigenvalue weighted by molar-refractivity contribution is 5.96. The highest BCUT2D eigenvalue weighted by Gasteiger charge is 2.25. The lowest BCUT2D eigenvalue weighted by Gasteiger charge is -2.05. The van der Waals surface area contributed by atoms with E-state index in [9.17, 15) is 14.4 Å². The van der Waals surface area contributed by atoms with Crippen LogP contribution in [0.1, 0.15) is 59.3 Å². The fourth-order valence-corrected chi connectivity index (χ4v) is 2.19. The Morgan fingerprint density at radius 3 is 1.91 bits per heavy atom. The number of hydrogen-bond donors (Lipinski definition) is 1. The summed E-state index contributed by atoms with van der Waals surface area (Å²) < 4.78 is 14.8. The van der Waals surface area contributed by atoms with Gasteiger partial charge in [0.1, 0.15) is 11.4 Å². The van der Waals surface area contributed by atoms with Crippen LogP contribution in [-0.2, 0) is 25.4 Å². The highest BCUT2D eigenvalue weighted by Crippen LogP contribution is 2.22. The van der Waals surface area contributed by atoms with E-state index in [1.807, 2.05) is 0 Å². The molecular weight excluding hydrogens is 302 g/mol. The van der Waals surface area contributed by atoms with E-state index in [0.29, 0.717) is 17.7 Å². The number of carbonyl (C=O) groups excluding carboxylic acids is 3. The molecule has 0 saturated heterocycles. The molecule has 0 bridgehead atoms. The zero-order valence-electron chi connectivity index (χ0n) is 14.0. The van der Waals surface area contributed by atoms with Gasteiger partial charge in [0.25, 0.3) is 0 Å². The number of nitrogens with one attached hydrogen (secondary N) is 1. The van der Waals surface area contributed by atoms with Crippen molar-refractivity contribution in [3.05, 3.63) is 22.5 Å². The Bertz CT molecular complexity index is 575. The van der Waals surface area contributed by atoms with Gasteiger partial charge in [-0.2, -0.15) is 0 Å². The molecule has 0 aliphatic heterocycles. The molecule has 1 rings (SSSR count). The lowest BCUT2D eigenvalue weighted by atomic mass is 10.0. The van der Waals surface area contributed by atoms with Gasteiger partial charge in [0.05, 0.1) is 19.8 Å². The predicted molar refractivity (Wildman–Crippen MR) is 82.4 cm³/mol. The molecule has 1 N–H and O–H groups in total. The molecule has 7 nitrogen and oxygen atoms in total. The minimum atomic E-state index is -0.565. The molecule has 0 aliphatic carbocycles. The van der Waals surface area contributed by atoms with Crippen LogP contribution in [0.5, 0.6) is 0 Å². The molecule has 0 atom stereocenters. The lowest BCUT2D eigenvalue weighted by molar-refractivity contribution is -0.143. The van der Waals surface area contributed by atoms with Crippen molar-refractivity contribution in [1.82, 2.24) is 4.98 Å². The maximum Gasteiger partial charge on any atom is 0.355 e. The molecule has 0 unspecified atom stereocenters. The van der Waals surface area contributed by atoms with Crippen LogP contribution >= 0.6 is 0 Å². The van der Waals surface area contributed by atoms with Gasteiger partial charge in [0, 0.05) is 6.42 Å². The van der Waals surface area contributed by atoms with E-state index >= 15 is 0 Å². The van der Waals surface area contributed by atoms with Gasteiger partial charge in [-0.1, -0.05) is 0 Å². The second-order valence-electron chi connectivity index (χ2n) is 4.72. The summed E-state index contributed by atoms with van der Waals surface area (Å²) in [6, 6.07) is 0. The van der Waals surface area contributed by atoms with E-state index < -0.39 is 11.9 Å². The second kappa shape index (κ2) is 8.97. The van der Waals surface area contributed by atoms with Gasteiger partial charge in [-0.3, -0.25) is 4.79 Å². The smallest absolute Gasteiger partial charge is 0.355 e. The second-order valence-corrected chi connectivity index (χ2v) is 4.72. The van der Waals surface area contributed by atoms with Crippen molar-refractivity contribution in [2.24, 2.45) is 0 Å². The fraction of sp³-hybridized carbons (Fsp3) is 0.562. The first-order valence-electron chi connectivity index (χ1n) is 7.67. The molecular formula is C16H23NO6. The Kier molecular flexibility index (Phi) is 7.31. The number of rotatable bonds is 8. The first kappa shape index (κ1) is 18.7. The van der Waals surface area contributed by atoms with Crippen LogP contribution in [-0.4, -0.2) is 42.7 Å². The van der Waals surface area contributed by atoms with Crippen LogP contribution < -0.4 is 0 Å². The third kappa shape index (κ3) is 4.84. The first-order valence-corrected chi connectivity index (χ1v) is 7.67. The summed E-state index contributed by atoms with van der Waals surface area (Å²) >= 11 is 0. The van der Waals surface area contributed by atoms with Crippen molar-refractivity contribution in [3.63, 3.8) is 0 Å². The molecule has 0 amide bonds. The molecule has 1 aromatic heterocycles. The summed E-state index contributed by atoms with van der Waals surface area (Å²) in [5.41, 5.74) is 1.53. The maximum atomic E-state index is 12.1. The Hall–Kier alpha value is -2.31. The van der Waals surface area contributed by atoms with Gasteiger partial charge in [-0.15, -0.1) is 0 Å². The zero-order valence-corrected chi connectivity index (χ0v) is 14.0. The van der Waals surface area contributed by atoms with Crippen LogP contribution in [0.15, 0.2) is 0 Å². The molecule has 0 fully saturated rings. The first-order chi connectivity index (χ1) is 11.0. The standard InChI is InChI=1S/C16H23NO6/c1-5-21-12(18)9-8-11-10(4)13(15(19)22-6-2)17-14(11)16(20)23-7-3/h17H,5-9H2,1-4H3. The summed E-state index contributed by atoms with van der Waals surface area (Å²) in [6.45, 7) is 7.55. The largest absolute Gasteiger partial charge is 0.466 e. The third-order valence-electron chi connectivity index (χ3n) is 3.22. The van der Waals surface area contributed by atoms with Crippen molar-refractivity contribution in [2.75, 3.05) is 19.8 Å². The zero-order chi connectivity index (χ0) is 17.4. The average Bonchev–Trinajstić information content (AvgIpc) is 2.83. The summed E-state index contributed by atoms with van der Waals surface area (Å²) in [6.07, 6.45) is 0.385. The number of carbonyl (C=O) groups is 3. The van der Waals surface area contributed by atoms with Crippen molar-refractivity contribution in [3.8, 4) is 0 Å². The van der Waals surface area contributed by atoms with Crippen molar-refractivity contribution >= 4 is 17.9 Å². The molecule has 0 spiro atoms. The van der Waals surface area contributed by atoms with E-state index in [2.05, 4.69) is 4.98 Å². The molecule has 7 heteroatoms. The predicted octanol–water partition coefficient (Wildman–Crippen LogP) is 2.17. The normalized spacial score (nSPS) is 10.3. The van der Waals surface area contributed by atoms with E-state index in [1.165, 1.54) is 0 Å². The van der Waals surface area contributed by atoms with Crippen LogP contribution in [0.3, 0.4) is 0 Å². The molecule has 0 aliphatic rings. The Morgan fingerprint density at radius 2 is 1.39 bits per heavy atom. The number of hydrogen-bond acceptors (Lipinski definition) is 6. The van der Waals surface area contributed by atoms with Gasteiger partial charge < -0.3 is 19.2 Å².